The summed E-state index contributed by atoms with van der Waals surface area (Å²) in [5.74, 6) is -0.473. The number of amides is 1. The lowest BCUT2D eigenvalue weighted by Crippen LogP contribution is -2.40. The molecule has 1 amide bonds. The van der Waals surface area contributed by atoms with E-state index in [4.69, 9.17) is 23.2 Å². The lowest BCUT2D eigenvalue weighted by atomic mass is 10.3. The van der Waals surface area contributed by atoms with E-state index in [9.17, 15) is 13.2 Å². The molecule has 0 aliphatic heterocycles. The molecule has 0 saturated heterocycles. The zero-order valence-corrected chi connectivity index (χ0v) is 17.5. The molecule has 0 saturated carbocycles. The van der Waals surface area contributed by atoms with Crippen LogP contribution in [0.2, 0.25) is 10.0 Å². The second kappa shape index (κ2) is 9.26. The van der Waals surface area contributed by atoms with Crippen molar-refractivity contribution < 1.29 is 13.2 Å². The molecule has 0 spiro atoms. The van der Waals surface area contributed by atoms with E-state index < -0.39 is 22.5 Å². The number of hydrogen-bond acceptors (Lipinski definition) is 4. The number of anilines is 1. The summed E-state index contributed by atoms with van der Waals surface area (Å²) in [5, 5.41) is 3.18. The van der Waals surface area contributed by atoms with Crippen molar-refractivity contribution in [3.05, 3.63) is 88.7 Å². The van der Waals surface area contributed by atoms with Crippen molar-refractivity contribution >= 4 is 44.8 Å². The van der Waals surface area contributed by atoms with Gasteiger partial charge in [0.05, 0.1) is 20.6 Å². The van der Waals surface area contributed by atoms with Crippen LogP contribution >= 0.6 is 23.2 Å². The first-order valence-electron chi connectivity index (χ1n) is 8.56. The summed E-state index contributed by atoms with van der Waals surface area (Å²) in [5.41, 5.74) is 1.03. The van der Waals surface area contributed by atoms with Gasteiger partial charge in [-0.2, -0.15) is 0 Å². The maximum atomic E-state index is 13.2. The molecule has 0 aliphatic carbocycles. The van der Waals surface area contributed by atoms with E-state index in [1.807, 2.05) is 6.07 Å². The molecule has 0 aliphatic rings. The van der Waals surface area contributed by atoms with Crippen molar-refractivity contribution in [2.75, 3.05) is 10.8 Å². The fraction of sp³-hybridized carbons (Fsp3) is 0.100. The largest absolute Gasteiger partial charge is 0.350 e. The Labute approximate surface area is 179 Å². The van der Waals surface area contributed by atoms with Crippen molar-refractivity contribution in [3.8, 4) is 0 Å². The number of nitrogens with zero attached hydrogens (tertiary/aromatic N) is 2. The maximum absolute atomic E-state index is 13.2. The van der Waals surface area contributed by atoms with Gasteiger partial charge in [-0.3, -0.25) is 14.1 Å². The van der Waals surface area contributed by atoms with Crippen molar-refractivity contribution in [2.45, 2.75) is 11.4 Å². The number of aromatic nitrogens is 1. The third-order valence-corrected chi connectivity index (χ3v) is 6.55. The van der Waals surface area contributed by atoms with Crippen LogP contribution < -0.4 is 9.62 Å². The zero-order chi connectivity index (χ0) is 20.9. The fourth-order valence-electron chi connectivity index (χ4n) is 2.56. The van der Waals surface area contributed by atoms with Gasteiger partial charge < -0.3 is 5.32 Å². The quantitative estimate of drug-likeness (QED) is 0.592. The van der Waals surface area contributed by atoms with E-state index in [1.54, 1.807) is 36.7 Å². The van der Waals surface area contributed by atoms with Gasteiger partial charge in [-0.25, -0.2) is 8.42 Å². The molecule has 150 valence electrons. The van der Waals surface area contributed by atoms with Gasteiger partial charge >= 0.3 is 0 Å². The normalized spacial score (nSPS) is 11.1. The third-order valence-electron chi connectivity index (χ3n) is 4.02. The molecule has 3 aromatic rings. The van der Waals surface area contributed by atoms with E-state index >= 15 is 0 Å². The highest BCUT2D eigenvalue weighted by Crippen LogP contribution is 2.30. The van der Waals surface area contributed by atoms with Crippen LogP contribution in [0.3, 0.4) is 0 Å². The van der Waals surface area contributed by atoms with Gasteiger partial charge in [0.2, 0.25) is 5.91 Å². The number of hydrogen-bond donors (Lipinski definition) is 1. The monoisotopic (exact) mass is 449 g/mol. The van der Waals surface area contributed by atoms with Crippen molar-refractivity contribution in [1.82, 2.24) is 10.3 Å². The molecule has 0 fully saturated rings. The standard InChI is InChI=1S/C20H17Cl2N3O3S/c21-18-9-8-16(11-19(18)22)25(29(27,28)17-6-2-1-3-7-17)14-20(26)24-13-15-5-4-10-23-12-15/h1-12H,13-14H2,(H,24,26). The second-order valence-electron chi connectivity index (χ2n) is 6.06. The number of sulfonamides is 1. The Morgan fingerprint density at radius 2 is 1.76 bits per heavy atom. The molecule has 3 rings (SSSR count). The van der Waals surface area contributed by atoms with Crippen LogP contribution in [0, 0.1) is 0 Å². The van der Waals surface area contributed by atoms with Gasteiger partial charge in [0, 0.05) is 18.9 Å². The Morgan fingerprint density at radius 1 is 1.00 bits per heavy atom. The minimum Gasteiger partial charge on any atom is -0.350 e. The predicted octanol–water partition coefficient (Wildman–Crippen LogP) is 3.90. The Kier molecular flexibility index (Phi) is 6.74. The SMILES string of the molecule is O=C(CN(c1ccc(Cl)c(Cl)c1)S(=O)(=O)c1ccccc1)NCc1cccnc1. The molecule has 9 heteroatoms. The highest BCUT2D eigenvalue weighted by Gasteiger charge is 2.27. The highest BCUT2D eigenvalue weighted by molar-refractivity contribution is 7.92. The van der Waals surface area contributed by atoms with Gasteiger partial charge in [-0.1, -0.05) is 47.5 Å². The molecular weight excluding hydrogens is 433 g/mol. The van der Waals surface area contributed by atoms with Crippen molar-refractivity contribution in [1.29, 1.82) is 0 Å². The number of rotatable bonds is 7. The molecule has 0 unspecified atom stereocenters. The van der Waals surface area contributed by atoms with Crippen LogP contribution in [-0.4, -0.2) is 25.9 Å². The second-order valence-corrected chi connectivity index (χ2v) is 8.74. The molecule has 0 bridgehead atoms. The summed E-state index contributed by atoms with van der Waals surface area (Å²) in [4.78, 5) is 16.6. The average Bonchev–Trinajstić information content (AvgIpc) is 2.74. The molecule has 1 heterocycles. The Balaban J connectivity index is 1.88. The first-order valence-corrected chi connectivity index (χ1v) is 10.8. The average molecular weight is 450 g/mol. The summed E-state index contributed by atoms with van der Waals surface area (Å²) in [6, 6.07) is 15.8. The molecule has 0 radical (unpaired) electrons. The molecular formula is C20H17Cl2N3O3S. The Bertz CT molecular complexity index is 1090. The number of halogens is 2. The first kappa shape index (κ1) is 21.1. The highest BCUT2D eigenvalue weighted by atomic mass is 35.5. The van der Waals surface area contributed by atoms with Gasteiger partial charge in [0.25, 0.3) is 10.0 Å². The topological polar surface area (TPSA) is 79.4 Å². The van der Waals surface area contributed by atoms with Crippen molar-refractivity contribution in [2.24, 2.45) is 0 Å². The fourth-order valence-corrected chi connectivity index (χ4v) is 4.29. The van der Waals surface area contributed by atoms with Crippen LogP contribution in [0.25, 0.3) is 0 Å². The van der Waals surface area contributed by atoms with Crippen LogP contribution in [0.1, 0.15) is 5.56 Å². The zero-order valence-electron chi connectivity index (χ0n) is 15.1. The number of carbonyl (C=O) groups excluding carboxylic acids is 1. The molecule has 0 atom stereocenters. The number of nitrogens with one attached hydrogen (secondary N) is 1. The van der Waals surface area contributed by atoms with Crippen molar-refractivity contribution in [3.63, 3.8) is 0 Å². The Hall–Kier alpha value is -2.61. The van der Waals surface area contributed by atoms with E-state index in [2.05, 4.69) is 10.3 Å². The van der Waals surface area contributed by atoms with E-state index in [0.717, 1.165) is 9.87 Å². The summed E-state index contributed by atoms with van der Waals surface area (Å²) >= 11 is 12.0. The molecule has 2 aromatic carbocycles. The molecule has 1 aromatic heterocycles. The first-order chi connectivity index (χ1) is 13.9. The summed E-state index contributed by atoms with van der Waals surface area (Å²) in [6.07, 6.45) is 3.25. The lowest BCUT2D eigenvalue weighted by molar-refractivity contribution is -0.119. The minimum atomic E-state index is -4.00. The van der Waals surface area contributed by atoms with E-state index in [-0.39, 0.29) is 27.2 Å². The van der Waals surface area contributed by atoms with Crippen LogP contribution in [0.4, 0.5) is 5.69 Å². The van der Waals surface area contributed by atoms with Gasteiger partial charge in [-0.05, 0) is 42.0 Å². The van der Waals surface area contributed by atoms with Gasteiger partial charge in [0.15, 0.2) is 0 Å². The van der Waals surface area contributed by atoms with Gasteiger partial charge in [0.1, 0.15) is 6.54 Å². The Morgan fingerprint density at radius 3 is 2.41 bits per heavy atom. The molecule has 6 nitrogen and oxygen atoms in total. The molecule has 29 heavy (non-hydrogen) atoms. The summed E-state index contributed by atoms with van der Waals surface area (Å²) < 4.78 is 27.4. The summed E-state index contributed by atoms with van der Waals surface area (Å²) in [7, 11) is -4.00. The van der Waals surface area contributed by atoms with E-state index in [0.29, 0.717) is 0 Å². The smallest absolute Gasteiger partial charge is 0.264 e. The number of benzene rings is 2. The van der Waals surface area contributed by atoms with Gasteiger partial charge in [-0.15, -0.1) is 0 Å². The summed E-state index contributed by atoms with van der Waals surface area (Å²) in [6.45, 7) is -0.192. The number of pyridine rings is 1. The minimum absolute atomic E-state index is 0.0612. The van der Waals surface area contributed by atoms with Crippen LogP contribution in [0.15, 0.2) is 78.0 Å². The number of carbonyl (C=O) groups is 1. The van der Waals surface area contributed by atoms with E-state index in [1.165, 1.54) is 30.3 Å². The molecule has 1 N–H and O–H groups in total. The third kappa shape index (κ3) is 5.26. The van der Waals surface area contributed by atoms with Crippen LogP contribution in [-0.2, 0) is 21.4 Å². The lowest BCUT2D eigenvalue weighted by Gasteiger charge is -2.24. The van der Waals surface area contributed by atoms with Crippen LogP contribution in [0.5, 0.6) is 0 Å². The maximum Gasteiger partial charge on any atom is 0.264 e. The predicted molar refractivity (Wildman–Crippen MR) is 114 cm³/mol.